The maximum atomic E-state index is 10.9. The van der Waals surface area contributed by atoms with Crippen molar-refractivity contribution in [2.45, 2.75) is 4.90 Å². The standard InChI is InChI=1S/C14H13N3O5S/c18-14(19)10-17(12-4-2-1-3-5-12)16-15-11-6-8-13(9-7-11)23(20,21)22/h1-9H,10H2,(H,18,19)(H,20,21,22). The summed E-state index contributed by atoms with van der Waals surface area (Å²) in [5, 5.41) is 17.9. The number of nitrogens with zero attached hydrogens (tertiary/aromatic N) is 3. The largest absolute Gasteiger partial charge is 0.480 e. The van der Waals surface area contributed by atoms with Gasteiger partial charge in [0.05, 0.1) is 16.3 Å². The van der Waals surface area contributed by atoms with Crippen LogP contribution in [0.1, 0.15) is 0 Å². The molecule has 0 aromatic heterocycles. The van der Waals surface area contributed by atoms with Crippen molar-refractivity contribution in [2.24, 2.45) is 10.3 Å². The van der Waals surface area contributed by atoms with E-state index in [1.165, 1.54) is 29.3 Å². The molecule has 0 amide bonds. The van der Waals surface area contributed by atoms with E-state index < -0.39 is 16.1 Å². The van der Waals surface area contributed by atoms with Gasteiger partial charge in [-0.3, -0.25) is 9.35 Å². The van der Waals surface area contributed by atoms with Crippen molar-refractivity contribution in [3.63, 3.8) is 0 Å². The van der Waals surface area contributed by atoms with Gasteiger partial charge in [-0.25, -0.2) is 5.01 Å². The predicted molar refractivity (Wildman–Crippen MR) is 82.2 cm³/mol. The second-order valence-corrected chi connectivity index (χ2v) is 5.87. The Morgan fingerprint density at radius 2 is 1.65 bits per heavy atom. The van der Waals surface area contributed by atoms with Crippen LogP contribution in [0, 0.1) is 0 Å². The first-order chi connectivity index (χ1) is 10.9. The van der Waals surface area contributed by atoms with Gasteiger partial charge < -0.3 is 5.11 Å². The molecular weight excluding hydrogens is 322 g/mol. The van der Waals surface area contributed by atoms with E-state index in [1.807, 2.05) is 0 Å². The minimum absolute atomic E-state index is 0.262. The summed E-state index contributed by atoms with van der Waals surface area (Å²) in [5.74, 6) is -1.07. The average molecular weight is 335 g/mol. The lowest BCUT2D eigenvalue weighted by Crippen LogP contribution is -2.23. The summed E-state index contributed by atoms with van der Waals surface area (Å²) >= 11 is 0. The summed E-state index contributed by atoms with van der Waals surface area (Å²) in [6, 6.07) is 13.7. The lowest BCUT2D eigenvalue weighted by atomic mass is 10.3. The molecule has 8 nitrogen and oxygen atoms in total. The molecule has 2 rings (SSSR count). The van der Waals surface area contributed by atoms with Crippen molar-refractivity contribution >= 4 is 27.5 Å². The van der Waals surface area contributed by atoms with E-state index in [1.54, 1.807) is 30.3 Å². The fraction of sp³-hybridized carbons (Fsp3) is 0.0714. The lowest BCUT2D eigenvalue weighted by molar-refractivity contribution is -0.135. The highest BCUT2D eigenvalue weighted by atomic mass is 32.2. The number of para-hydroxylation sites is 1. The Morgan fingerprint density at radius 3 is 2.17 bits per heavy atom. The highest BCUT2D eigenvalue weighted by Crippen LogP contribution is 2.19. The van der Waals surface area contributed by atoms with Crippen LogP contribution in [-0.4, -0.2) is 30.6 Å². The van der Waals surface area contributed by atoms with Crippen molar-refractivity contribution in [2.75, 3.05) is 11.6 Å². The van der Waals surface area contributed by atoms with Gasteiger partial charge in [0, 0.05) is 0 Å². The van der Waals surface area contributed by atoms with Crippen LogP contribution in [0.4, 0.5) is 11.4 Å². The number of hydrogen-bond acceptors (Lipinski definition) is 5. The van der Waals surface area contributed by atoms with Crippen LogP contribution < -0.4 is 5.01 Å². The average Bonchev–Trinajstić information content (AvgIpc) is 2.51. The Labute approximate surface area is 132 Å². The molecule has 2 N–H and O–H groups in total. The highest BCUT2D eigenvalue weighted by molar-refractivity contribution is 7.85. The molecule has 0 radical (unpaired) electrons. The van der Waals surface area contributed by atoms with Gasteiger partial charge in [-0.05, 0) is 36.4 Å². The number of anilines is 1. The Bertz CT molecular complexity index is 804. The van der Waals surface area contributed by atoms with Gasteiger partial charge in [0.2, 0.25) is 0 Å². The zero-order valence-electron chi connectivity index (χ0n) is 11.8. The molecule has 0 saturated carbocycles. The van der Waals surface area contributed by atoms with Gasteiger partial charge in [-0.2, -0.15) is 8.42 Å². The minimum atomic E-state index is -4.27. The molecule has 0 bridgehead atoms. The number of carboxylic acids is 1. The minimum Gasteiger partial charge on any atom is -0.480 e. The summed E-state index contributed by atoms with van der Waals surface area (Å²) in [4.78, 5) is 10.6. The number of carboxylic acid groups (broad SMARTS) is 1. The molecule has 0 fully saturated rings. The van der Waals surface area contributed by atoms with E-state index in [9.17, 15) is 13.2 Å². The fourth-order valence-electron chi connectivity index (χ4n) is 1.69. The molecule has 0 saturated heterocycles. The first kappa shape index (κ1) is 16.6. The molecule has 0 aliphatic carbocycles. The molecule has 120 valence electrons. The Balaban J connectivity index is 2.22. The molecule has 0 aliphatic rings. The Morgan fingerprint density at radius 1 is 1.04 bits per heavy atom. The van der Waals surface area contributed by atoms with Crippen molar-refractivity contribution < 1.29 is 22.9 Å². The normalized spacial score (nSPS) is 11.5. The van der Waals surface area contributed by atoms with Gasteiger partial charge in [0.1, 0.15) is 6.54 Å². The van der Waals surface area contributed by atoms with Crippen LogP contribution in [0.3, 0.4) is 0 Å². The number of aliphatic carboxylic acids is 1. The molecule has 23 heavy (non-hydrogen) atoms. The van der Waals surface area contributed by atoms with Gasteiger partial charge in [0.15, 0.2) is 0 Å². The molecule has 0 atom stereocenters. The van der Waals surface area contributed by atoms with Crippen LogP contribution in [0.5, 0.6) is 0 Å². The van der Waals surface area contributed by atoms with Gasteiger partial charge in [-0.15, -0.1) is 5.11 Å². The van der Waals surface area contributed by atoms with E-state index in [-0.39, 0.29) is 11.4 Å². The summed E-state index contributed by atoms with van der Waals surface area (Å²) in [6.07, 6.45) is 0. The Kier molecular flexibility index (Phi) is 5.04. The summed E-state index contributed by atoms with van der Waals surface area (Å²) in [5.41, 5.74) is 0.858. The zero-order chi connectivity index (χ0) is 16.9. The van der Waals surface area contributed by atoms with Crippen LogP contribution >= 0.6 is 0 Å². The number of hydrogen-bond donors (Lipinski definition) is 2. The van der Waals surface area contributed by atoms with E-state index >= 15 is 0 Å². The third-order valence-electron chi connectivity index (χ3n) is 2.74. The number of rotatable bonds is 6. The van der Waals surface area contributed by atoms with Crippen molar-refractivity contribution in [3.05, 3.63) is 54.6 Å². The van der Waals surface area contributed by atoms with Gasteiger partial charge >= 0.3 is 5.97 Å². The molecule has 2 aromatic rings. The highest BCUT2D eigenvalue weighted by Gasteiger charge is 2.10. The maximum Gasteiger partial charge on any atom is 0.325 e. The SMILES string of the molecule is O=C(O)CN(N=Nc1ccc(S(=O)(=O)O)cc1)c1ccccc1. The lowest BCUT2D eigenvalue weighted by Gasteiger charge is -2.14. The smallest absolute Gasteiger partial charge is 0.325 e. The number of benzene rings is 2. The van der Waals surface area contributed by atoms with E-state index in [2.05, 4.69) is 10.3 Å². The van der Waals surface area contributed by atoms with E-state index in [0.717, 1.165) is 0 Å². The van der Waals surface area contributed by atoms with Crippen LogP contribution in [0.15, 0.2) is 69.8 Å². The van der Waals surface area contributed by atoms with Crippen molar-refractivity contribution in [3.8, 4) is 0 Å². The molecular formula is C14H13N3O5S. The predicted octanol–water partition coefficient (Wildman–Crippen LogP) is 2.52. The Hall–Kier alpha value is -2.78. The second-order valence-electron chi connectivity index (χ2n) is 4.45. The summed E-state index contributed by atoms with van der Waals surface area (Å²) in [6.45, 7) is -0.378. The molecule has 2 aromatic carbocycles. The van der Waals surface area contributed by atoms with E-state index in [4.69, 9.17) is 9.66 Å². The first-order valence-electron chi connectivity index (χ1n) is 6.40. The van der Waals surface area contributed by atoms with Crippen LogP contribution in [-0.2, 0) is 14.9 Å². The van der Waals surface area contributed by atoms with Crippen LogP contribution in [0.2, 0.25) is 0 Å². The fourth-order valence-corrected chi connectivity index (χ4v) is 2.17. The second kappa shape index (κ2) is 6.99. The van der Waals surface area contributed by atoms with Crippen LogP contribution in [0.25, 0.3) is 0 Å². The monoisotopic (exact) mass is 335 g/mol. The third-order valence-corrected chi connectivity index (χ3v) is 3.61. The maximum absolute atomic E-state index is 10.9. The molecule has 9 heteroatoms. The summed E-state index contributed by atoms with van der Waals surface area (Å²) < 4.78 is 30.8. The third kappa shape index (κ3) is 4.87. The summed E-state index contributed by atoms with van der Waals surface area (Å²) in [7, 11) is -4.27. The van der Waals surface area contributed by atoms with E-state index in [0.29, 0.717) is 11.4 Å². The first-order valence-corrected chi connectivity index (χ1v) is 7.84. The topological polar surface area (TPSA) is 120 Å². The van der Waals surface area contributed by atoms with Gasteiger partial charge in [0.25, 0.3) is 10.1 Å². The number of carbonyl (C=O) groups is 1. The zero-order valence-corrected chi connectivity index (χ0v) is 12.6. The molecule has 0 heterocycles. The van der Waals surface area contributed by atoms with Crippen molar-refractivity contribution in [1.82, 2.24) is 0 Å². The molecule has 0 unspecified atom stereocenters. The van der Waals surface area contributed by atoms with Crippen molar-refractivity contribution in [1.29, 1.82) is 0 Å². The van der Waals surface area contributed by atoms with Gasteiger partial charge in [-0.1, -0.05) is 23.4 Å². The molecule has 0 aliphatic heterocycles. The quantitative estimate of drug-likeness (QED) is 0.475. The molecule has 0 spiro atoms.